The number of rotatable bonds is 22. The molecule has 0 bridgehead atoms. The van der Waals surface area contributed by atoms with Crippen LogP contribution in [0.1, 0.15) is 40.2 Å². The van der Waals surface area contributed by atoms with E-state index in [-0.39, 0.29) is 17.4 Å². The molecule has 35 heavy (non-hydrogen) atoms. The molecule has 0 aromatic heterocycles. The van der Waals surface area contributed by atoms with Crippen molar-refractivity contribution in [3.8, 4) is 5.75 Å². The van der Waals surface area contributed by atoms with Crippen molar-refractivity contribution in [1.29, 1.82) is 0 Å². The van der Waals surface area contributed by atoms with E-state index >= 15 is 0 Å². The Balaban J connectivity index is 1.87. The molecule has 0 fully saturated rings. The first-order valence-corrected chi connectivity index (χ1v) is 12.6. The van der Waals surface area contributed by atoms with Crippen molar-refractivity contribution in [2.75, 3.05) is 92.5 Å². The minimum absolute atomic E-state index is 0.0322. The Hall–Kier alpha value is -1.26. The van der Waals surface area contributed by atoms with Crippen LogP contribution in [0, 0.1) is 5.41 Å². The van der Waals surface area contributed by atoms with Crippen molar-refractivity contribution < 1.29 is 38.3 Å². The van der Waals surface area contributed by atoms with Crippen LogP contribution in [-0.4, -0.2) is 97.6 Å². The quantitative estimate of drug-likeness (QED) is 0.242. The molecule has 0 spiro atoms. The highest BCUT2D eigenvalue weighted by atomic mass is 16.6. The maximum absolute atomic E-state index is 8.57. The highest BCUT2D eigenvalue weighted by Gasteiger charge is 2.34. The minimum atomic E-state index is 0.0322. The van der Waals surface area contributed by atoms with Crippen molar-refractivity contribution in [2.24, 2.45) is 5.41 Å². The third kappa shape index (κ3) is 14.8. The van der Waals surface area contributed by atoms with Crippen LogP contribution in [0.3, 0.4) is 0 Å². The fourth-order valence-electron chi connectivity index (χ4n) is 2.89. The van der Waals surface area contributed by atoms with Crippen LogP contribution in [-0.2, 0) is 33.8 Å². The third-order valence-corrected chi connectivity index (χ3v) is 6.04. The molecule has 0 atom stereocenters. The zero-order chi connectivity index (χ0) is 25.8. The first-order valence-electron chi connectivity index (χ1n) is 12.6. The van der Waals surface area contributed by atoms with Crippen LogP contribution in [0.25, 0.3) is 0 Å². The average Bonchev–Trinajstić information content (AvgIpc) is 2.82. The van der Waals surface area contributed by atoms with Crippen LogP contribution >= 0.6 is 0 Å². The SMILES string of the molecule is CC(C)(C)C(C)(C)c1ccc(OCCOCCOCCOCCOCCOCCOCCO)cc1. The molecule has 0 aliphatic heterocycles. The molecule has 0 saturated heterocycles. The number of hydrogen-bond donors (Lipinski definition) is 1. The van der Waals surface area contributed by atoms with Crippen molar-refractivity contribution >= 4 is 0 Å². The van der Waals surface area contributed by atoms with Gasteiger partial charge in [-0.15, -0.1) is 0 Å². The van der Waals surface area contributed by atoms with Crippen LogP contribution in [0.4, 0.5) is 0 Å². The third-order valence-electron chi connectivity index (χ3n) is 6.04. The Labute approximate surface area is 212 Å². The van der Waals surface area contributed by atoms with Gasteiger partial charge in [-0.3, -0.25) is 0 Å². The summed E-state index contributed by atoms with van der Waals surface area (Å²) in [5, 5.41) is 8.57. The fraction of sp³-hybridized carbons (Fsp3) is 0.778. The Morgan fingerprint density at radius 1 is 0.514 bits per heavy atom. The van der Waals surface area contributed by atoms with Crippen LogP contribution in [0.15, 0.2) is 24.3 Å². The molecule has 1 N–H and O–H groups in total. The summed E-state index contributed by atoms with van der Waals surface area (Å²) < 4.78 is 38.1. The van der Waals surface area contributed by atoms with E-state index in [0.717, 1.165) is 5.75 Å². The molecule has 0 radical (unpaired) electrons. The second-order valence-corrected chi connectivity index (χ2v) is 9.65. The normalized spacial score (nSPS) is 12.3. The summed E-state index contributed by atoms with van der Waals surface area (Å²) in [5.74, 6) is 0.857. The van der Waals surface area contributed by atoms with E-state index in [9.17, 15) is 0 Å². The van der Waals surface area contributed by atoms with E-state index < -0.39 is 0 Å². The lowest BCUT2D eigenvalue weighted by molar-refractivity contribution is -0.0191. The van der Waals surface area contributed by atoms with Gasteiger partial charge in [-0.05, 0) is 28.5 Å². The molecule has 1 aromatic carbocycles. The minimum Gasteiger partial charge on any atom is -0.491 e. The zero-order valence-corrected chi connectivity index (χ0v) is 22.5. The maximum Gasteiger partial charge on any atom is 0.119 e. The van der Waals surface area contributed by atoms with E-state index in [0.29, 0.717) is 85.9 Å². The molecule has 1 rings (SSSR count). The molecular weight excluding hydrogens is 452 g/mol. The van der Waals surface area contributed by atoms with Crippen LogP contribution in [0.5, 0.6) is 5.75 Å². The van der Waals surface area contributed by atoms with E-state index in [1.807, 2.05) is 12.1 Å². The molecule has 0 amide bonds. The Kier molecular flexibility index (Phi) is 17.2. The molecule has 0 aliphatic rings. The summed E-state index contributed by atoms with van der Waals surface area (Å²) in [4.78, 5) is 0. The number of hydrogen-bond acceptors (Lipinski definition) is 8. The highest BCUT2D eigenvalue weighted by Crippen LogP contribution is 2.41. The Morgan fingerprint density at radius 2 is 0.857 bits per heavy atom. The van der Waals surface area contributed by atoms with E-state index in [1.54, 1.807) is 0 Å². The summed E-state index contributed by atoms with van der Waals surface area (Å²) in [6, 6.07) is 8.36. The lowest BCUT2D eigenvalue weighted by atomic mass is 9.65. The summed E-state index contributed by atoms with van der Waals surface area (Å²) >= 11 is 0. The molecule has 0 unspecified atom stereocenters. The number of benzene rings is 1. The topological polar surface area (TPSA) is 84.8 Å². The first-order chi connectivity index (χ1) is 16.8. The largest absolute Gasteiger partial charge is 0.491 e. The summed E-state index contributed by atoms with van der Waals surface area (Å²) in [6.07, 6.45) is 0. The highest BCUT2D eigenvalue weighted by molar-refractivity contribution is 5.32. The van der Waals surface area contributed by atoms with Crippen LogP contribution < -0.4 is 4.74 Å². The number of ether oxygens (including phenoxy) is 7. The first kappa shape index (κ1) is 31.8. The van der Waals surface area contributed by atoms with Crippen molar-refractivity contribution in [3.05, 3.63) is 29.8 Å². The van der Waals surface area contributed by atoms with Gasteiger partial charge in [0.15, 0.2) is 0 Å². The Bertz CT molecular complexity index is 613. The fourth-order valence-corrected chi connectivity index (χ4v) is 2.89. The monoisotopic (exact) mass is 500 g/mol. The van der Waals surface area contributed by atoms with Gasteiger partial charge in [-0.1, -0.05) is 46.8 Å². The molecule has 8 nitrogen and oxygen atoms in total. The molecule has 0 aliphatic carbocycles. The van der Waals surface area contributed by atoms with Gasteiger partial charge in [0.2, 0.25) is 0 Å². The van der Waals surface area contributed by atoms with Crippen molar-refractivity contribution in [3.63, 3.8) is 0 Å². The molecule has 0 saturated carbocycles. The average molecular weight is 501 g/mol. The second-order valence-electron chi connectivity index (χ2n) is 9.65. The zero-order valence-electron chi connectivity index (χ0n) is 22.5. The van der Waals surface area contributed by atoms with Gasteiger partial charge in [-0.25, -0.2) is 0 Å². The predicted molar refractivity (Wildman–Crippen MR) is 136 cm³/mol. The van der Waals surface area contributed by atoms with Gasteiger partial charge in [0, 0.05) is 0 Å². The summed E-state index contributed by atoms with van der Waals surface area (Å²) in [7, 11) is 0. The Morgan fingerprint density at radius 3 is 1.20 bits per heavy atom. The number of aliphatic hydroxyl groups is 1. The van der Waals surface area contributed by atoms with Crippen LogP contribution in [0.2, 0.25) is 0 Å². The molecule has 1 aromatic rings. The van der Waals surface area contributed by atoms with Gasteiger partial charge < -0.3 is 38.3 Å². The van der Waals surface area contributed by atoms with Gasteiger partial charge in [0.05, 0.1) is 85.9 Å². The van der Waals surface area contributed by atoms with Gasteiger partial charge in [-0.2, -0.15) is 0 Å². The van der Waals surface area contributed by atoms with E-state index in [2.05, 4.69) is 46.8 Å². The van der Waals surface area contributed by atoms with Gasteiger partial charge in [0.25, 0.3) is 0 Å². The summed E-state index contributed by atoms with van der Waals surface area (Å²) in [5.41, 5.74) is 1.57. The van der Waals surface area contributed by atoms with Crippen molar-refractivity contribution in [2.45, 2.75) is 40.0 Å². The predicted octanol–water partition coefficient (Wildman–Crippen LogP) is 3.48. The van der Waals surface area contributed by atoms with Gasteiger partial charge >= 0.3 is 0 Å². The smallest absolute Gasteiger partial charge is 0.119 e. The van der Waals surface area contributed by atoms with Crippen molar-refractivity contribution in [1.82, 2.24) is 0 Å². The molecular formula is C27H48O8. The maximum atomic E-state index is 8.57. The molecule has 8 heteroatoms. The van der Waals surface area contributed by atoms with Gasteiger partial charge in [0.1, 0.15) is 12.4 Å². The molecule has 0 heterocycles. The summed E-state index contributed by atoms with van der Waals surface area (Å²) in [6.45, 7) is 17.9. The molecule has 204 valence electrons. The lowest BCUT2D eigenvalue weighted by Crippen LogP contribution is -2.33. The second kappa shape index (κ2) is 18.9. The lowest BCUT2D eigenvalue weighted by Gasteiger charge is -2.39. The van der Waals surface area contributed by atoms with E-state index in [1.165, 1.54) is 5.56 Å². The number of aliphatic hydroxyl groups excluding tert-OH is 1. The standard InChI is InChI=1S/C27H48O8/c1-26(2,3)27(4,5)24-6-8-25(9-7-24)35-23-22-34-21-20-33-19-18-32-17-16-31-15-14-30-13-12-29-11-10-28/h6-9,28H,10-23H2,1-5H3. The van der Waals surface area contributed by atoms with E-state index in [4.69, 9.17) is 38.3 Å².